The lowest BCUT2D eigenvalue weighted by Gasteiger charge is -2.13. The van der Waals surface area contributed by atoms with E-state index in [-0.39, 0.29) is 17.7 Å². The van der Waals surface area contributed by atoms with Crippen molar-refractivity contribution in [2.75, 3.05) is 7.11 Å². The number of rotatable bonds is 3. The maximum atomic E-state index is 13.8. The van der Waals surface area contributed by atoms with Crippen LogP contribution >= 0.6 is 0 Å². The van der Waals surface area contributed by atoms with Crippen LogP contribution in [0.4, 0.5) is 8.78 Å². The van der Waals surface area contributed by atoms with Crippen LogP contribution in [-0.4, -0.2) is 12.2 Å². The van der Waals surface area contributed by atoms with Crippen LogP contribution < -0.4 is 0 Å². The molecule has 1 saturated carbocycles. The highest BCUT2D eigenvalue weighted by Gasteiger charge is 2.46. The fourth-order valence-corrected chi connectivity index (χ4v) is 1.66. The molecule has 0 unspecified atom stereocenters. The van der Waals surface area contributed by atoms with E-state index in [2.05, 4.69) is 0 Å². The van der Waals surface area contributed by atoms with E-state index in [0.29, 0.717) is 12.8 Å². The van der Waals surface area contributed by atoms with Crippen molar-refractivity contribution >= 4 is 0 Å². The molecule has 1 fully saturated rings. The molecule has 0 spiro atoms. The minimum absolute atomic E-state index is 0.0786. The monoisotopic (exact) mass is 214 g/mol. The number of aliphatic hydroxyl groups is 1. The third-order valence-electron chi connectivity index (χ3n) is 2.66. The van der Waals surface area contributed by atoms with Crippen molar-refractivity contribution in [2.24, 2.45) is 0 Å². The van der Waals surface area contributed by atoms with E-state index in [1.165, 1.54) is 19.2 Å². The Balaban J connectivity index is 2.47. The quantitative estimate of drug-likeness (QED) is 0.834. The Kier molecular flexibility index (Phi) is 2.48. The molecule has 1 aromatic carbocycles. The second kappa shape index (κ2) is 3.54. The summed E-state index contributed by atoms with van der Waals surface area (Å²) in [5.41, 5.74) is -1.23. The molecule has 0 radical (unpaired) electrons. The fourth-order valence-electron chi connectivity index (χ4n) is 1.66. The Hall–Kier alpha value is -1.00. The van der Waals surface area contributed by atoms with Crippen LogP contribution in [0.25, 0.3) is 0 Å². The molecular formula is C11H12F2O2. The van der Waals surface area contributed by atoms with Crippen LogP contribution in [0.5, 0.6) is 0 Å². The van der Waals surface area contributed by atoms with Gasteiger partial charge in [-0.05, 0) is 18.9 Å². The summed E-state index contributed by atoms with van der Waals surface area (Å²) < 4.78 is 31.9. The van der Waals surface area contributed by atoms with Crippen LogP contribution in [0.15, 0.2) is 12.1 Å². The van der Waals surface area contributed by atoms with Gasteiger partial charge in [-0.15, -0.1) is 0 Å². The third kappa shape index (κ3) is 1.75. The Morgan fingerprint density at radius 3 is 2.60 bits per heavy atom. The highest BCUT2D eigenvalue weighted by molar-refractivity contribution is 5.34. The second-order valence-corrected chi connectivity index (χ2v) is 3.86. The average molecular weight is 214 g/mol. The highest BCUT2D eigenvalue weighted by atomic mass is 19.1. The maximum Gasteiger partial charge on any atom is 0.137 e. The predicted molar refractivity (Wildman–Crippen MR) is 50.2 cm³/mol. The zero-order chi connectivity index (χ0) is 11.1. The van der Waals surface area contributed by atoms with Gasteiger partial charge in [0.25, 0.3) is 0 Å². The molecule has 1 aromatic rings. The first kappa shape index (κ1) is 10.5. The van der Waals surface area contributed by atoms with Gasteiger partial charge in [-0.3, -0.25) is 0 Å². The van der Waals surface area contributed by atoms with Crippen molar-refractivity contribution in [1.29, 1.82) is 0 Å². The van der Waals surface area contributed by atoms with Gasteiger partial charge in [-0.2, -0.15) is 0 Å². The fraction of sp³-hybridized carbons (Fsp3) is 0.455. The number of benzene rings is 1. The zero-order valence-corrected chi connectivity index (χ0v) is 8.39. The minimum Gasteiger partial charge on any atom is -0.385 e. The van der Waals surface area contributed by atoms with E-state index in [0.717, 1.165) is 0 Å². The van der Waals surface area contributed by atoms with Crippen LogP contribution in [0.1, 0.15) is 24.0 Å². The Morgan fingerprint density at radius 1 is 1.40 bits per heavy atom. The zero-order valence-electron chi connectivity index (χ0n) is 8.39. The molecule has 0 saturated heterocycles. The van der Waals surface area contributed by atoms with Crippen LogP contribution in [-0.2, 0) is 16.9 Å². The van der Waals surface area contributed by atoms with Crippen molar-refractivity contribution in [3.63, 3.8) is 0 Å². The lowest BCUT2D eigenvalue weighted by Crippen LogP contribution is -2.12. The van der Waals surface area contributed by atoms with Crippen molar-refractivity contribution in [3.05, 3.63) is 34.9 Å². The minimum atomic E-state index is -1.29. The molecule has 2 rings (SSSR count). The maximum absolute atomic E-state index is 13.8. The molecule has 1 N–H and O–H groups in total. The van der Waals surface area contributed by atoms with Gasteiger partial charge in [0.05, 0.1) is 17.8 Å². The van der Waals surface area contributed by atoms with E-state index in [1.54, 1.807) is 0 Å². The normalized spacial score (nSPS) is 17.9. The van der Waals surface area contributed by atoms with Crippen LogP contribution in [0, 0.1) is 11.6 Å². The first-order chi connectivity index (χ1) is 7.08. The highest BCUT2D eigenvalue weighted by Crippen LogP contribution is 2.47. The number of hydrogen-bond donors (Lipinski definition) is 1. The van der Waals surface area contributed by atoms with Gasteiger partial charge >= 0.3 is 0 Å². The average Bonchev–Trinajstić information content (AvgIpc) is 2.90. The molecule has 2 nitrogen and oxygen atoms in total. The van der Waals surface area contributed by atoms with E-state index >= 15 is 0 Å². The van der Waals surface area contributed by atoms with Crippen molar-refractivity contribution in [3.8, 4) is 0 Å². The molecule has 0 aliphatic heterocycles. The standard InChI is InChI=1S/C11H12F2O2/c1-15-6-7-2-3-8(12)9(10(7)13)11(14)4-5-11/h2-3,14H,4-6H2,1H3. The molecule has 0 bridgehead atoms. The van der Waals surface area contributed by atoms with Crippen LogP contribution in [0.3, 0.4) is 0 Å². The Labute approximate surface area is 86.5 Å². The first-order valence-corrected chi connectivity index (χ1v) is 4.77. The van der Waals surface area contributed by atoms with E-state index in [4.69, 9.17) is 4.74 Å². The van der Waals surface area contributed by atoms with Gasteiger partial charge in [-0.1, -0.05) is 6.07 Å². The smallest absolute Gasteiger partial charge is 0.137 e. The second-order valence-electron chi connectivity index (χ2n) is 3.86. The summed E-state index contributed by atoms with van der Waals surface area (Å²) in [4.78, 5) is 0. The van der Waals surface area contributed by atoms with Crippen molar-refractivity contribution in [1.82, 2.24) is 0 Å². The number of ether oxygens (including phenoxy) is 1. The molecule has 0 atom stereocenters. The first-order valence-electron chi connectivity index (χ1n) is 4.77. The van der Waals surface area contributed by atoms with Gasteiger partial charge in [0.1, 0.15) is 11.6 Å². The summed E-state index contributed by atoms with van der Waals surface area (Å²) in [6.07, 6.45) is 0.828. The van der Waals surface area contributed by atoms with Gasteiger partial charge in [0, 0.05) is 12.7 Å². The third-order valence-corrected chi connectivity index (χ3v) is 2.66. The lowest BCUT2D eigenvalue weighted by atomic mass is 10.0. The molecule has 1 aliphatic carbocycles. The van der Waals surface area contributed by atoms with E-state index in [1.807, 2.05) is 0 Å². The molecular weight excluding hydrogens is 202 g/mol. The summed E-state index contributed by atoms with van der Waals surface area (Å²) >= 11 is 0. The van der Waals surface area contributed by atoms with Gasteiger partial charge in [-0.25, -0.2) is 8.78 Å². The summed E-state index contributed by atoms with van der Waals surface area (Å²) in [5.74, 6) is -1.37. The predicted octanol–water partition coefficient (Wildman–Crippen LogP) is 2.09. The van der Waals surface area contributed by atoms with Crippen molar-refractivity contribution < 1.29 is 18.6 Å². The summed E-state index contributed by atoms with van der Waals surface area (Å²) in [5, 5.41) is 9.73. The molecule has 82 valence electrons. The largest absolute Gasteiger partial charge is 0.385 e. The SMILES string of the molecule is COCc1ccc(F)c(C2(O)CC2)c1F. The molecule has 4 heteroatoms. The van der Waals surface area contributed by atoms with E-state index in [9.17, 15) is 13.9 Å². The molecule has 0 aromatic heterocycles. The summed E-state index contributed by atoms with van der Waals surface area (Å²) in [6.45, 7) is 0.0786. The molecule has 0 heterocycles. The Morgan fingerprint density at radius 2 is 2.07 bits per heavy atom. The Bertz CT molecular complexity index is 386. The molecule has 15 heavy (non-hydrogen) atoms. The number of hydrogen-bond acceptors (Lipinski definition) is 2. The van der Waals surface area contributed by atoms with E-state index < -0.39 is 17.2 Å². The summed E-state index contributed by atoms with van der Waals surface area (Å²) in [6, 6.07) is 2.51. The lowest BCUT2D eigenvalue weighted by molar-refractivity contribution is 0.139. The van der Waals surface area contributed by atoms with Gasteiger partial charge in [0.15, 0.2) is 0 Å². The number of halogens is 2. The topological polar surface area (TPSA) is 29.5 Å². The van der Waals surface area contributed by atoms with Gasteiger partial charge < -0.3 is 9.84 Å². The molecule has 1 aliphatic rings. The van der Waals surface area contributed by atoms with Crippen LogP contribution in [0.2, 0.25) is 0 Å². The van der Waals surface area contributed by atoms with Crippen molar-refractivity contribution in [2.45, 2.75) is 25.0 Å². The summed E-state index contributed by atoms with van der Waals surface area (Å²) in [7, 11) is 1.44. The number of methoxy groups -OCH3 is 1. The molecule has 0 amide bonds. The van der Waals surface area contributed by atoms with Gasteiger partial charge in [0.2, 0.25) is 0 Å².